The number of aliphatic imine (C=N–C) groups is 1. The Hall–Kier alpha value is -1.97. The first-order chi connectivity index (χ1) is 7.81. The number of hydrogen-bond acceptors (Lipinski definition) is 1. The minimum Gasteiger partial charge on any atom is -0.370 e. The lowest BCUT2D eigenvalue weighted by molar-refractivity contribution is 0.861. The number of aromatic amines is 1. The number of nitrogens with one attached hydrogen (secondary N) is 2. The summed E-state index contributed by atoms with van der Waals surface area (Å²) < 4.78 is 0. The molecule has 0 aliphatic rings. The van der Waals surface area contributed by atoms with Crippen molar-refractivity contribution in [2.24, 2.45) is 10.7 Å². The fraction of sp³-hybridized carbons (Fsp3) is 0.250. The normalized spacial score (nSPS) is 11.9. The summed E-state index contributed by atoms with van der Waals surface area (Å²) in [5, 5.41) is 4.32. The van der Waals surface area contributed by atoms with Crippen molar-refractivity contribution < 1.29 is 0 Å². The van der Waals surface area contributed by atoms with E-state index in [1.54, 1.807) is 7.05 Å². The van der Waals surface area contributed by atoms with Gasteiger partial charge < -0.3 is 16.0 Å². The first-order valence-corrected chi connectivity index (χ1v) is 5.32. The monoisotopic (exact) mass is 216 g/mol. The summed E-state index contributed by atoms with van der Waals surface area (Å²) in [6.45, 7) is 0.797. The zero-order chi connectivity index (χ0) is 11.4. The van der Waals surface area contributed by atoms with Gasteiger partial charge in [0.25, 0.3) is 0 Å². The highest BCUT2D eigenvalue weighted by molar-refractivity contribution is 5.83. The van der Waals surface area contributed by atoms with Crippen molar-refractivity contribution >= 4 is 16.9 Å². The smallest absolute Gasteiger partial charge is 0.188 e. The van der Waals surface area contributed by atoms with Gasteiger partial charge in [0, 0.05) is 30.7 Å². The Labute approximate surface area is 94.6 Å². The summed E-state index contributed by atoms with van der Waals surface area (Å²) in [4.78, 5) is 7.10. The van der Waals surface area contributed by atoms with Crippen molar-refractivity contribution in [3.05, 3.63) is 36.0 Å². The van der Waals surface area contributed by atoms with Gasteiger partial charge in [0.1, 0.15) is 0 Å². The fourth-order valence-electron chi connectivity index (χ4n) is 1.74. The van der Waals surface area contributed by atoms with Crippen LogP contribution in [0.15, 0.2) is 35.5 Å². The van der Waals surface area contributed by atoms with Gasteiger partial charge >= 0.3 is 0 Å². The highest BCUT2D eigenvalue weighted by atomic mass is 15.1. The molecule has 0 saturated carbocycles. The topological polar surface area (TPSA) is 66.2 Å². The number of para-hydroxylation sites is 1. The van der Waals surface area contributed by atoms with Crippen LogP contribution in [0.4, 0.5) is 0 Å². The third kappa shape index (κ3) is 2.16. The molecule has 1 aromatic carbocycles. The molecular formula is C12H16N4. The van der Waals surface area contributed by atoms with Gasteiger partial charge in [0.15, 0.2) is 5.96 Å². The summed E-state index contributed by atoms with van der Waals surface area (Å²) in [7, 11) is 1.67. The Morgan fingerprint density at radius 1 is 1.44 bits per heavy atom. The van der Waals surface area contributed by atoms with Crippen molar-refractivity contribution in [2.75, 3.05) is 13.6 Å². The highest BCUT2D eigenvalue weighted by Crippen LogP contribution is 2.17. The third-order valence-corrected chi connectivity index (χ3v) is 2.62. The number of rotatable bonds is 3. The van der Waals surface area contributed by atoms with E-state index in [1.807, 2.05) is 12.3 Å². The van der Waals surface area contributed by atoms with E-state index in [0.29, 0.717) is 5.96 Å². The first kappa shape index (κ1) is 10.5. The van der Waals surface area contributed by atoms with Crippen LogP contribution in [0.3, 0.4) is 0 Å². The number of aromatic nitrogens is 1. The zero-order valence-corrected chi connectivity index (χ0v) is 9.33. The molecule has 2 rings (SSSR count). The molecule has 0 fully saturated rings. The average Bonchev–Trinajstić information content (AvgIpc) is 2.73. The van der Waals surface area contributed by atoms with Crippen molar-refractivity contribution in [1.82, 2.24) is 10.3 Å². The molecule has 0 bridgehead atoms. The molecule has 0 spiro atoms. The molecule has 1 heterocycles. The lowest BCUT2D eigenvalue weighted by Gasteiger charge is -2.03. The maximum Gasteiger partial charge on any atom is 0.188 e. The molecule has 4 heteroatoms. The number of nitrogens with two attached hydrogens (primary N) is 1. The Morgan fingerprint density at radius 2 is 2.25 bits per heavy atom. The van der Waals surface area contributed by atoms with Gasteiger partial charge in [-0.1, -0.05) is 18.2 Å². The van der Waals surface area contributed by atoms with Crippen LogP contribution in [-0.2, 0) is 6.42 Å². The van der Waals surface area contributed by atoms with Gasteiger partial charge in [0.05, 0.1) is 0 Å². The Balaban J connectivity index is 2.05. The summed E-state index contributed by atoms with van der Waals surface area (Å²) >= 11 is 0. The number of hydrogen-bond donors (Lipinski definition) is 3. The molecule has 2 aromatic rings. The molecule has 4 nitrogen and oxygen atoms in total. The summed E-state index contributed by atoms with van der Waals surface area (Å²) in [6, 6.07) is 8.28. The van der Waals surface area contributed by atoms with E-state index in [-0.39, 0.29) is 0 Å². The number of guanidine groups is 1. The van der Waals surface area contributed by atoms with E-state index in [2.05, 4.69) is 33.5 Å². The minimum absolute atomic E-state index is 0.486. The molecule has 16 heavy (non-hydrogen) atoms. The van der Waals surface area contributed by atoms with E-state index in [4.69, 9.17) is 5.73 Å². The number of nitrogens with zero attached hydrogens (tertiary/aromatic N) is 1. The zero-order valence-electron chi connectivity index (χ0n) is 9.33. The Bertz CT molecular complexity index is 498. The van der Waals surface area contributed by atoms with Crippen LogP contribution >= 0.6 is 0 Å². The van der Waals surface area contributed by atoms with Crippen LogP contribution in [-0.4, -0.2) is 24.5 Å². The summed E-state index contributed by atoms with van der Waals surface area (Å²) in [5.41, 5.74) is 8.03. The van der Waals surface area contributed by atoms with Crippen LogP contribution in [0.5, 0.6) is 0 Å². The molecule has 0 saturated heterocycles. The quantitative estimate of drug-likeness (QED) is 0.534. The standard InChI is InChI=1S/C12H16N4/c1-14-12(13)15-7-6-9-8-16-11-5-3-2-4-10(9)11/h2-5,8,16H,6-7H2,1H3,(H3,13,14,15). The highest BCUT2D eigenvalue weighted by Gasteiger charge is 2.01. The average molecular weight is 216 g/mol. The number of H-pyrrole nitrogens is 1. The predicted octanol–water partition coefficient (Wildman–Crippen LogP) is 1.24. The van der Waals surface area contributed by atoms with Gasteiger partial charge in [0.2, 0.25) is 0 Å². The van der Waals surface area contributed by atoms with Gasteiger partial charge in [-0.15, -0.1) is 0 Å². The molecule has 0 radical (unpaired) electrons. The van der Waals surface area contributed by atoms with E-state index < -0.39 is 0 Å². The molecule has 0 atom stereocenters. The second-order valence-electron chi connectivity index (χ2n) is 3.65. The second kappa shape index (κ2) is 4.70. The first-order valence-electron chi connectivity index (χ1n) is 5.32. The lowest BCUT2D eigenvalue weighted by atomic mass is 10.1. The molecule has 84 valence electrons. The van der Waals surface area contributed by atoms with Gasteiger partial charge in [-0.3, -0.25) is 4.99 Å². The SMILES string of the molecule is CN=C(N)NCCc1c[nH]c2ccccc12. The van der Waals surface area contributed by atoms with E-state index in [9.17, 15) is 0 Å². The molecule has 0 aliphatic carbocycles. The molecule has 4 N–H and O–H groups in total. The second-order valence-corrected chi connectivity index (χ2v) is 3.65. The largest absolute Gasteiger partial charge is 0.370 e. The van der Waals surface area contributed by atoms with E-state index in [1.165, 1.54) is 16.5 Å². The van der Waals surface area contributed by atoms with Gasteiger partial charge in [-0.2, -0.15) is 0 Å². The molecule has 0 unspecified atom stereocenters. The van der Waals surface area contributed by atoms with Crippen LogP contribution in [0, 0.1) is 0 Å². The number of benzene rings is 1. The summed E-state index contributed by atoms with van der Waals surface area (Å²) in [5.74, 6) is 0.486. The molecule has 0 amide bonds. The summed E-state index contributed by atoms with van der Waals surface area (Å²) in [6.07, 6.45) is 2.98. The maximum absolute atomic E-state index is 5.56. The van der Waals surface area contributed by atoms with Crippen molar-refractivity contribution in [3.63, 3.8) is 0 Å². The number of fused-ring (bicyclic) bond motifs is 1. The molecule has 1 aromatic heterocycles. The van der Waals surface area contributed by atoms with Crippen LogP contribution < -0.4 is 11.1 Å². The third-order valence-electron chi connectivity index (χ3n) is 2.62. The van der Waals surface area contributed by atoms with Crippen molar-refractivity contribution in [2.45, 2.75) is 6.42 Å². The van der Waals surface area contributed by atoms with Crippen molar-refractivity contribution in [3.8, 4) is 0 Å². The van der Waals surface area contributed by atoms with Gasteiger partial charge in [-0.05, 0) is 18.1 Å². The van der Waals surface area contributed by atoms with Crippen molar-refractivity contribution in [1.29, 1.82) is 0 Å². The predicted molar refractivity (Wildman–Crippen MR) is 67.6 cm³/mol. The van der Waals surface area contributed by atoms with E-state index in [0.717, 1.165) is 13.0 Å². The minimum atomic E-state index is 0.486. The lowest BCUT2D eigenvalue weighted by Crippen LogP contribution is -2.32. The fourth-order valence-corrected chi connectivity index (χ4v) is 1.74. The van der Waals surface area contributed by atoms with Crippen LogP contribution in [0.2, 0.25) is 0 Å². The van der Waals surface area contributed by atoms with E-state index >= 15 is 0 Å². The molecule has 0 aliphatic heterocycles. The Morgan fingerprint density at radius 3 is 3.06 bits per heavy atom. The van der Waals surface area contributed by atoms with Crippen LogP contribution in [0.25, 0.3) is 10.9 Å². The Kier molecular flexibility index (Phi) is 3.10. The van der Waals surface area contributed by atoms with Crippen LogP contribution in [0.1, 0.15) is 5.56 Å². The molecular weight excluding hydrogens is 200 g/mol. The maximum atomic E-state index is 5.56. The van der Waals surface area contributed by atoms with Gasteiger partial charge in [-0.25, -0.2) is 0 Å².